The van der Waals surface area contributed by atoms with Gasteiger partial charge in [-0.1, -0.05) is 85.3 Å². The van der Waals surface area contributed by atoms with Crippen LogP contribution in [0.4, 0.5) is 11.4 Å². The molecule has 4 aliphatic heterocycles. The molecule has 2 fully saturated rings. The first-order chi connectivity index (χ1) is 26.0. The minimum Gasteiger partial charge on any atom is -0.497 e. The van der Waals surface area contributed by atoms with Gasteiger partial charge in [0, 0.05) is 41.7 Å². The molecule has 54 heavy (non-hydrogen) atoms. The zero-order valence-electron chi connectivity index (χ0n) is 31.1. The number of halogens is 1. The lowest BCUT2D eigenvalue weighted by Gasteiger charge is -2.39. The number of rotatable bonds is 9. The summed E-state index contributed by atoms with van der Waals surface area (Å²) >= 11 is 6.72. The number of fused-ring (bicyclic) bond motifs is 3. The Morgan fingerprint density at radius 2 is 1.76 bits per heavy atom. The fraction of sp³-hybridized carbons (Fsp3) is 0.372. The van der Waals surface area contributed by atoms with Crippen molar-refractivity contribution in [1.29, 1.82) is 0 Å². The summed E-state index contributed by atoms with van der Waals surface area (Å²) in [6.07, 6.45) is 0.584. The summed E-state index contributed by atoms with van der Waals surface area (Å²) in [4.78, 5) is 47.4. The summed E-state index contributed by atoms with van der Waals surface area (Å²) in [6, 6.07) is 29.2. The third kappa shape index (κ3) is 5.94. The van der Waals surface area contributed by atoms with Gasteiger partial charge >= 0.3 is 0 Å². The molecule has 4 aromatic carbocycles. The van der Waals surface area contributed by atoms with Crippen LogP contribution in [-0.2, 0) is 44.2 Å². The maximum absolute atomic E-state index is 15.3. The van der Waals surface area contributed by atoms with Crippen LogP contribution in [0.2, 0.25) is 23.7 Å². The van der Waals surface area contributed by atoms with E-state index in [1.165, 1.54) is 5.19 Å². The van der Waals surface area contributed by atoms with E-state index >= 15 is 4.79 Å². The van der Waals surface area contributed by atoms with E-state index in [1.54, 1.807) is 27.9 Å². The maximum atomic E-state index is 15.3. The molecule has 8 rings (SSSR count). The number of carbonyl (C=O) groups is 3. The summed E-state index contributed by atoms with van der Waals surface area (Å²) in [7, 11) is -0.880. The van der Waals surface area contributed by atoms with Crippen LogP contribution in [0, 0.1) is 5.92 Å². The van der Waals surface area contributed by atoms with Crippen LogP contribution in [-0.4, -0.2) is 68.2 Å². The van der Waals surface area contributed by atoms with E-state index in [0.29, 0.717) is 36.5 Å². The SMILES string of the molecule is COc1ccc([Si](C)(C)[C@H]2[C@H](CC(=O)N3Cc4ccccc4C[C@H]3CO)O[C@@]3(C(=O)N(Cc4cccc(N5CCC5=O)c4)c4ccc(Cl)cc43)[C@@H]2C)cc1. The van der Waals surface area contributed by atoms with Crippen LogP contribution in [0.3, 0.4) is 0 Å². The zero-order chi connectivity index (χ0) is 37.9. The fourth-order valence-corrected chi connectivity index (χ4v) is 13.8. The van der Waals surface area contributed by atoms with Crippen molar-refractivity contribution < 1.29 is 29.0 Å². The minimum atomic E-state index is -2.53. The van der Waals surface area contributed by atoms with Crippen molar-refractivity contribution in [3.8, 4) is 5.75 Å². The Morgan fingerprint density at radius 1 is 1.00 bits per heavy atom. The quantitative estimate of drug-likeness (QED) is 0.162. The molecule has 4 aromatic rings. The van der Waals surface area contributed by atoms with Gasteiger partial charge in [0.2, 0.25) is 11.8 Å². The number of nitrogens with zero attached hydrogens (tertiary/aromatic N) is 3. The van der Waals surface area contributed by atoms with Gasteiger partial charge in [-0.05, 0) is 71.1 Å². The van der Waals surface area contributed by atoms with Crippen molar-refractivity contribution >= 4 is 54.0 Å². The van der Waals surface area contributed by atoms with Crippen LogP contribution in [0.1, 0.15) is 42.0 Å². The second-order valence-electron chi connectivity index (χ2n) is 15.7. The highest BCUT2D eigenvalue weighted by molar-refractivity contribution is 6.91. The number of aliphatic hydroxyl groups is 1. The van der Waals surface area contributed by atoms with Crippen molar-refractivity contribution in [3.63, 3.8) is 0 Å². The van der Waals surface area contributed by atoms with Gasteiger partial charge in [-0.2, -0.15) is 0 Å². The molecule has 1 N–H and O–H groups in total. The zero-order valence-corrected chi connectivity index (χ0v) is 32.9. The van der Waals surface area contributed by atoms with Gasteiger partial charge in [0.05, 0.1) is 52.6 Å². The van der Waals surface area contributed by atoms with E-state index in [0.717, 1.165) is 33.8 Å². The van der Waals surface area contributed by atoms with Crippen LogP contribution in [0.15, 0.2) is 91.0 Å². The summed E-state index contributed by atoms with van der Waals surface area (Å²) < 4.78 is 12.7. The van der Waals surface area contributed by atoms with Gasteiger partial charge in [-0.3, -0.25) is 14.4 Å². The lowest BCUT2D eigenvalue weighted by molar-refractivity contribution is -0.151. The standard InChI is InChI=1S/C43H46ClN3O6Si/c1-27-41(54(3,4)35-15-13-34(52-2)14-16-35)38(23-40(50)46-25-30-10-6-5-9-29(30)21-33(46)26-48)53-43(27)36-22-31(44)12-17-37(36)47(42(43)51)24-28-8-7-11-32(20-28)45-19-18-39(45)49/h5-17,20,22,27,33,38,41,48H,18-19,21,23-26H2,1-4H3/t27-,33+,38+,41-,43+/m1/s1. The van der Waals surface area contributed by atoms with Crippen LogP contribution < -0.4 is 19.7 Å². The van der Waals surface area contributed by atoms with Gasteiger partial charge in [0.1, 0.15) is 5.75 Å². The summed E-state index contributed by atoms with van der Waals surface area (Å²) in [6.45, 7) is 7.91. The average Bonchev–Trinajstić information content (AvgIpc) is 3.59. The molecule has 0 saturated carbocycles. The highest BCUT2D eigenvalue weighted by Gasteiger charge is 2.66. The van der Waals surface area contributed by atoms with E-state index in [1.807, 2.05) is 66.7 Å². The molecule has 3 amide bonds. The second kappa shape index (κ2) is 14.0. The smallest absolute Gasteiger partial charge is 0.264 e. The highest BCUT2D eigenvalue weighted by atomic mass is 35.5. The topological polar surface area (TPSA) is 99.6 Å². The maximum Gasteiger partial charge on any atom is 0.264 e. The summed E-state index contributed by atoms with van der Waals surface area (Å²) in [5.74, 6) is 0.238. The number of β-lactam (4-membered cyclic amide) rings is 1. The number of amides is 3. The van der Waals surface area contributed by atoms with Crippen molar-refractivity contribution in [2.24, 2.45) is 5.92 Å². The van der Waals surface area contributed by atoms with Crippen molar-refractivity contribution in [2.75, 3.05) is 30.1 Å². The van der Waals surface area contributed by atoms with Crippen LogP contribution in [0.5, 0.6) is 5.75 Å². The predicted molar refractivity (Wildman–Crippen MR) is 212 cm³/mol. The molecule has 5 atom stereocenters. The van der Waals surface area contributed by atoms with Gasteiger partial charge in [-0.15, -0.1) is 0 Å². The Labute approximate surface area is 322 Å². The van der Waals surface area contributed by atoms with Crippen molar-refractivity contribution in [3.05, 3.63) is 118 Å². The molecular weight excluding hydrogens is 718 g/mol. The Kier molecular flexibility index (Phi) is 9.45. The van der Waals surface area contributed by atoms with Gasteiger partial charge < -0.3 is 29.3 Å². The molecule has 0 aliphatic carbocycles. The number of anilines is 2. The third-order valence-electron chi connectivity index (χ3n) is 12.5. The molecule has 0 radical (unpaired) electrons. The molecule has 0 bridgehead atoms. The van der Waals surface area contributed by atoms with Crippen LogP contribution >= 0.6 is 11.6 Å². The molecule has 4 aliphatic rings. The van der Waals surface area contributed by atoms with Gasteiger partial charge in [0.25, 0.3) is 5.91 Å². The van der Waals surface area contributed by atoms with Gasteiger partial charge in [-0.25, -0.2) is 0 Å². The fourth-order valence-electron chi connectivity index (χ4n) is 9.57. The Balaban J connectivity index is 1.18. The molecule has 0 aromatic heterocycles. The van der Waals surface area contributed by atoms with E-state index < -0.39 is 19.8 Å². The summed E-state index contributed by atoms with van der Waals surface area (Å²) in [5, 5.41) is 12.1. The first kappa shape index (κ1) is 36.5. The number of benzene rings is 4. The van der Waals surface area contributed by atoms with E-state index in [-0.39, 0.29) is 54.8 Å². The lowest BCUT2D eigenvalue weighted by atomic mass is 9.82. The number of carbonyl (C=O) groups excluding carboxylic acids is 3. The average molecular weight is 764 g/mol. The number of hydrogen-bond donors (Lipinski definition) is 1. The highest BCUT2D eigenvalue weighted by Crippen LogP contribution is 2.60. The van der Waals surface area contributed by atoms with E-state index in [4.69, 9.17) is 21.1 Å². The predicted octanol–water partition coefficient (Wildman–Crippen LogP) is 6.18. The molecular formula is C43H46ClN3O6Si. The number of hydrogen-bond acceptors (Lipinski definition) is 6. The number of aliphatic hydroxyl groups excluding tert-OH is 1. The van der Waals surface area contributed by atoms with E-state index in [9.17, 15) is 14.7 Å². The van der Waals surface area contributed by atoms with E-state index in [2.05, 4.69) is 38.2 Å². The largest absolute Gasteiger partial charge is 0.497 e. The molecule has 280 valence electrons. The lowest BCUT2D eigenvalue weighted by Crippen LogP contribution is -2.52. The normalized spacial score (nSPS) is 24.8. The van der Waals surface area contributed by atoms with Gasteiger partial charge in [0.15, 0.2) is 5.60 Å². The third-order valence-corrected chi connectivity index (χ3v) is 17.1. The minimum absolute atomic E-state index is 0.0666. The monoisotopic (exact) mass is 763 g/mol. The van der Waals surface area contributed by atoms with Crippen molar-refractivity contribution in [1.82, 2.24) is 4.90 Å². The first-order valence-electron chi connectivity index (χ1n) is 18.8. The molecule has 9 nitrogen and oxygen atoms in total. The Morgan fingerprint density at radius 3 is 2.44 bits per heavy atom. The molecule has 4 heterocycles. The molecule has 0 unspecified atom stereocenters. The number of ether oxygens (including phenoxy) is 2. The van der Waals surface area contributed by atoms with Crippen molar-refractivity contribution in [2.45, 2.75) is 75.7 Å². The molecule has 11 heteroatoms. The molecule has 2 saturated heterocycles. The molecule has 1 spiro atoms. The van der Waals surface area contributed by atoms with Crippen LogP contribution in [0.25, 0.3) is 0 Å². The summed E-state index contributed by atoms with van der Waals surface area (Å²) in [5.41, 5.74) is 3.82. The second-order valence-corrected chi connectivity index (χ2v) is 20.8. The Bertz CT molecular complexity index is 2130. The number of methoxy groups -OCH3 is 1. The first-order valence-corrected chi connectivity index (χ1v) is 22.2. The Hall–Kier alpha value is -4.48.